The molecule has 0 aromatic carbocycles. The normalized spacial score (nSPS) is 14.5. The third-order valence-corrected chi connectivity index (χ3v) is 5.43. The van der Waals surface area contributed by atoms with Crippen molar-refractivity contribution in [2.45, 2.75) is 32.6 Å². The van der Waals surface area contributed by atoms with Gasteiger partial charge in [-0.3, -0.25) is 9.38 Å². The van der Waals surface area contributed by atoms with Gasteiger partial charge in [0.25, 0.3) is 0 Å². The number of fused-ring (bicyclic) bond motifs is 2. The van der Waals surface area contributed by atoms with E-state index in [1.807, 2.05) is 11.8 Å². The lowest BCUT2D eigenvalue weighted by Crippen LogP contribution is -2.25. The van der Waals surface area contributed by atoms with Gasteiger partial charge in [-0.25, -0.2) is 4.39 Å². The lowest BCUT2D eigenvalue weighted by atomic mass is 10.1. The molecule has 1 aliphatic heterocycles. The highest BCUT2D eigenvalue weighted by Gasteiger charge is 2.29. The summed E-state index contributed by atoms with van der Waals surface area (Å²) >= 11 is 0. The maximum atomic E-state index is 14.7. The van der Waals surface area contributed by atoms with E-state index in [1.54, 1.807) is 35.9 Å². The van der Waals surface area contributed by atoms with Crippen molar-refractivity contribution in [3.05, 3.63) is 65.4 Å². The number of hydrogen-bond donors (Lipinski definition) is 0. The van der Waals surface area contributed by atoms with Crippen molar-refractivity contribution in [2.24, 2.45) is 0 Å². The summed E-state index contributed by atoms with van der Waals surface area (Å²) in [4.78, 5) is 6.08. The number of pyridine rings is 2. The number of nitrogens with zero attached hydrogens (tertiary/aromatic N) is 6. The molecule has 4 aromatic heterocycles. The summed E-state index contributed by atoms with van der Waals surface area (Å²) in [6, 6.07) is 4.18. The van der Waals surface area contributed by atoms with E-state index >= 15 is 0 Å². The molecule has 0 radical (unpaired) electrons. The average molecular weight is 474 g/mol. The second-order valence-corrected chi connectivity index (χ2v) is 7.94. The lowest BCUT2D eigenvalue weighted by molar-refractivity contribution is -0.153. The molecule has 0 spiro atoms. The van der Waals surface area contributed by atoms with Crippen LogP contribution in [0.3, 0.4) is 0 Å². The zero-order valence-corrected chi connectivity index (χ0v) is 18.0. The summed E-state index contributed by atoms with van der Waals surface area (Å²) in [7, 11) is 0. The quantitative estimate of drug-likeness (QED) is 0.387. The van der Waals surface area contributed by atoms with E-state index in [4.69, 9.17) is 9.26 Å². The van der Waals surface area contributed by atoms with E-state index in [9.17, 15) is 17.6 Å². The van der Waals surface area contributed by atoms with Crippen molar-refractivity contribution in [1.82, 2.24) is 29.6 Å². The van der Waals surface area contributed by atoms with Gasteiger partial charge in [0.1, 0.15) is 5.75 Å². The molecule has 0 fully saturated rings. The third kappa shape index (κ3) is 4.18. The lowest BCUT2D eigenvalue weighted by Gasteiger charge is -2.30. The number of aryl methyl sites for hydroxylation is 1. The van der Waals surface area contributed by atoms with Gasteiger partial charge < -0.3 is 14.2 Å². The Morgan fingerprint density at radius 1 is 1.21 bits per heavy atom. The van der Waals surface area contributed by atoms with E-state index in [1.165, 1.54) is 18.3 Å². The molecule has 8 nitrogen and oxygen atoms in total. The fourth-order valence-corrected chi connectivity index (χ4v) is 3.74. The van der Waals surface area contributed by atoms with Crippen molar-refractivity contribution in [3.8, 4) is 17.1 Å². The van der Waals surface area contributed by atoms with Crippen molar-refractivity contribution in [1.29, 1.82) is 0 Å². The highest BCUT2D eigenvalue weighted by atomic mass is 19.4. The van der Waals surface area contributed by atoms with Gasteiger partial charge in [0, 0.05) is 36.1 Å². The molecule has 0 aliphatic carbocycles. The smallest absolute Gasteiger partial charge is 0.422 e. The first-order valence-electron chi connectivity index (χ1n) is 10.3. The SMILES string of the molecule is Cc1cc(-c2cc(F)c3nnc(C(C)N4C=Cc5ncc(OCC(F)(F)F)cc5C4)n3c2)on1. The maximum absolute atomic E-state index is 14.7. The maximum Gasteiger partial charge on any atom is 0.422 e. The number of aromatic nitrogens is 5. The zero-order valence-electron chi connectivity index (χ0n) is 18.0. The molecule has 1 atom stereocenters. The van der Waals surface area contributed by atoms with Gasteiger partial charge >= 0.3 is 6.18 Å². The fraction of sp³-hybridized carbons (Fsp3) is 0.273. The van der Waals surface area contributed by atoms with Gasteiger partial charge in [-0.05, 0) is 32.1 Å². The molecule has 5 heterocycles. The van der Waals surface area contributed by atoms with Crippen molar-refractivity contribution >= 4 is 11.7 Å². The van der Waals surface area contributed by atoms with E-state index in [0.29, 0.717) is 40.6 Å². The first kappa shape index (κ1) is 21.9. The molecule has 0 amide bonds. The minimum absolute atomic E-state index is 0.0287. The van der Waals surface area contributed by atoms with Gasteiger partial charge in [-0.2, -0.15) is 13.2 Å². The predicted molar refractivity (Wildman–Crippen MR) is 112 cm³/mol. The highest BCUT2D eigenvalue weighted by molar-refractivity contribution is 5.60. The monoisotopic (exact) mass is 474 g/mol. The van der Waals surface area contributed by atoms with Crippen LogP contribution < -0.4 is 4.74 Å². The summed E-state index contributed by atoms with van der Waals surface area (Å²) in [5.41, 5.74) is 2.52. The van der Waals surface area contributed by atoms with Crippen LogP contribution >= 0.6 is 0 Å². The van der Waals surface area contributed by atoms with Crippen molar-refractivity contribution in [3.63, 3.8) is 0 Å². The van der Waals surface area contributed by atoms with E-state index < -0.39 is 18.6 Å². The van der Waals surface area contributed by atoms with Crippen LogP contribution in [0.4, 0.5) is 17.6 Å². The number of halogens is 4. The third-order valence-electron chi connectivity index (χ3n) is 5.43. The standard InChI is InChI=1S/C22H18F4N6O2/c1-12-5-19(34-30-12)15-7-17(23)21-29-28-20(32(21)10-15)13(2)31-4-3-18-14(9-31)6-16(8-27-18)33-11-22(24,25)26/h3-8,10,13H,9,11H2,1-2H3. The van der Waals surface area contributed by atoms with E-state index in [2.05, 4.69) is 20.3 Å². The molecule has 34 heavy (non-hydrogen) atoms. The molecule has 1 aliphatic rings. The Morgan fingerprint density at radius 2 is 2.03 bits per heavy atom. The molecule has 0 bridgehead atoms. The summed E-state index contributed by atoms with van der Waals surface area (Å²) in [6.45, 7) is 2.57. The van der Waals surface area contributed by atoms with E-state index in [-0.39, 0.29) is 17.4 Å². The van der Waals surface area contributed by atoms with Crippen LogP contribution in [0.1, 0.15) is 35.7 Å². The molecule has 12 heteroatoms. The van der Waals surface area contributed by atoms with Gasteiger partial charge in [-0.1, -0.05) is 5.16 Å². The summed E-state index contributed by atoms with van der Waals surface area (Å²) in [5.74, 6) is 0.348. The van der Waals surface area contributed by atoms with Gasteiger partial charge in [0.15, 0.2) is 29.7 Å². The molecule has 5 rings (SSSR count). The van der Waals surface area contributed by atoms with Crippen LogP contribution in [0.2, 0.25) is 0 Å². The Morgan fingerprint density at radius 3 is 2.76 bits per heavy atom. The summed E-state index contributed by atoms with van der Waals surface area (Å²) in [5, 5.41) is 12.0. The average Bonchev–Trinajstić information content (AvgIpc) is 3.43. The Labute approximate surface area is 190 Å². The van der Waals surface area contributed by atoms with Gasteiger partial charge in [0.2, 0.25) is 0 Å². The number of rotatable bonds is 5. The Kier molecular flexibility index (Phi) is 5.22. The molecular weight excluding hydrogens is 456 g/mol. The molecule has 0 N–H and O–H groups in total. The minimum atomic E-state index is -4.44. The highest BCUT2D eigenvalue weighted by Crippen LogP contribution is 2.31. The van der Waals surface area contributed by atoms with Crippen molar-refractivity contribution in [2.75, 3.05) is 6.61 Å². The molecule has 0 saturated heterocycles. The van der Waals surface area contributed by atoms with Crippen LogP contribution in [0.25, 0.3) is 23.0 Å². The molecule has 1 unspecified atom stereocenters. The van der Waals surface area contributed by atoms with Crippen LogP contribution in [-0.2, 0) is 6.54 Å². The van der Waals surface area contributed by atoms with Crippen LogP contribution in [0.5, 0.6) is 5.75 Å². The van der Waals surface area contributed by atoms with Gasteiger partial charge in [0.05, 0.1) is 23.6 Å². The summed E-state index contributed by atoms with van der Waals surface area (Å²) in [6.07, 6.45) is 2.04. The van der Waals surface area contributed by atoms with Gasteiger partial charge in [-0.15, -0.1) is 10.2 Å². The van der Waals surface area contributed by atoms with Crippen LogP contribution in [-0.4, -0.2) is 42.4 Å². The second kappa shape index (κ2) is 8.12. The Hall–Kier alpha value is -3.96. The Bertz CT molecular complexity index is 1390. The fourth-order valence-electron chi connectivity index (χ4n) is 3.74. The van der Waals surface area contributed by atoms with Crippen LogP contribution in [0.15, 0.2) is 41.3 Å². The second-order valence-electron chi connectivity index (χ2n) is 7.94. The zero-order chi connectivity index (χ0) is 24.0. The molecule has 0 saturated carbocycles. The molecule has 4 aromatic rings. The van der Waals surface area contributed by atoms with E-state index in [0.717, 1.165) is 0 Å². The molecular formula is C22H18F4N6O2. The number of hydrogen-bond acceptors (Lipinski definition) is 7. The largest absolute Gasteiger partial charge is 0.482 e. The summed E-state index contributed by atoms with van der Waals surface area (Å²) < 4.78 is 63.8. The van der Waals surface area contributed by atoms with Crippen LogP contribution in [0, 0.1) is 12.7 Å². The topological polar surface area (TPSA) is 81.6 Å². The minimum Gasteiger partial charge on any atom is -0.482 e. The number of ether oxygens (including phenoxy) is 1. The van der Waals surface area contributed by atoms with Crippen molar-refractivity contribution < 1.29 is 26.8 Å². The predicted octanol–water partition coefficient (Wildman–Crippen LogP) is 4.72. The molecule has 176 valence electrons. The number of alkyl halides is 3. The first-order chi connectivity index (χ1) is 16.2. The Balaban J connectivity index is 1.43. The first-order valence-corrected chi connectivity index (χ1v) is 10.3.